The standard InChI is InChI=1S/C24H22N4O/c1-17-3-7-19(8-4-17)15-28-16-22(24(29)26-21-11-13-25-14-12-21)23(27-28)20-9-5-18(2)6-10-20/h3-14,16H,15H2,1-2H3,(H,25,26,29). The zero-order valence-corrected chi connectivity index (χ0v) is 16.5. The average Bonchev–Trinajstić information content (AvgIpc) is 3.15. The minimum absolute atomic E-state index is 0.193. The van der Waals surface area contributed by atoms with Gasteiger partial charge in [-0.15, -0.1) is 0 Å². The third-order valence-corrected chi connectivity index (χ3v) is 4.73. The van der Waals surface area contributed by atoms with Gasteiger partial charge >= 0.3 is 0 Å². The Hall–Kier alpha value is -3.73. The minimum Gasteiger partial charge on any atom is -0.322 e. The number of rotatable bonds is 5. The van der Waals surface area contributed by atoms with Crippen LogP contribution in [0.3, 0.4) is 0 Å². The van der Waals surface area contributed by atoms with Crippen molar-refractivity contribution in [1.82, 2.24) is 14.8 Å². The van der Waals surface area contributed by atoms with Crippen molar-refractivity contribution in [3.8, 4) is 11.3 Å². The third kappa shape index (κ3) is 4.41. The number of benzene rings is 2. The summed E-state index contributed by atoms with van der Waals surface area (Å²) in [7, 11) is 0. The molecule has 0 aliphatic carbocycles. The molecular formula is C24H22N4O. The molecule has 2 aromatic carbocycles. The molecule has 1 N–H and O–H groups in total. The second kappa shape index (κ2) is 8.10. The molecule has 4 rings (SSSR count). The van der Waals surface area contributed by atoms with Crippen LogP contribution >= 0.6 is 0 Å². The Morgan fingerprint density at radius 1 is 0.897 bits per heavy atom. The van der Waals surface area contributed by atoms with Crippen LogP contribution in [0.1, 0.15) is 27.0 Å². The predicted molar refractivity (Wildman–Crippen MR) is 115 cm³/mol. The highest BCUT2D eigenvalue weighted by atomic mass is 16.1. The molecule has 0 atom stereocenters. The zero-order valence-electron chi connectivity index (χ0n) is 16.5. The normalized spacial score (nSPS) is 10.7. The molecule has 0 aliphatic heterocycles. The van der Waals surface area contributed by atoms with Crippen molar-refractivity contribution in [2.75, 3.05) is 5.32 Å². The number of nitrogens with one attached hydrogen (secondary N) is 1. The molecule has 0 radical (unpaired) electrons. The molecule has 4 aromatic rings. The molecule has 0 spiro atoms. The number of pyridine rings is 1. The highest BCUT2D eigenvalue weighted by Crippen LogP contribution is 2.24. The Balaban J connectivity index is 1.69. The fraction of sp³-hybridized carbons (Fsp3) is 0.125. The number of hydrogen-bond acceptors (Lipinski definition) is 3. The van der Waals surface area contributed by atoms with Gasteiger partial charge in [-0.2, -0.15) is 5.10 Å². The first-order valence-corrected chi connectivity index (χ1v) is 9.50. The molecular weight excluding hydrogens is 360 g/mol. The number of aromatic nitrogens is 3. The van der Waals surface area contributed by atoms with E-state index in [1.54, 1.807) is 24.5 Å². The van der Waals surface area contributed by atoms with E-state index in [-0.39, 0.29) is 5.91 Å². The quantitative estimate of drug-likeness (QED) is 0.536. The fourth-order valence-corrected chi connectivity index (χ4v) is 3.11. The van der Waals surface area contributed by atoms with Crippen LogP contribution in [-0.4, -0.2) is 20.7 Å². The second-order valence-electron chi connectivity index (χ2n) is 7.13. The van der Waals surface area contributed by atoms with Crippen molar-refractivity contribution >= 4 is 11.6 Å². The summed E-state index contributed by atoms with van der Waals surface area (Å²) in [6, 6.07) is 19.9. The first-order chi connectivity index (χ1) is 14.1. The van der Waals surface area contributed by atoms with Crippen molar-refractivity contribution in [3.63, 3.8) is 0 Å². The summed E-state index contributed by atoms with van der Waals surface area (Å²) in [4.78, 5) is 17.0. The Kier molecular flexibility index (Phi) is 5.20. The van der Waals surface area contributed by atoms with Crippen LogP contribution in [0, 0.1) is 13.8 Å². The summed E-state index contributed by atoms with van der Waals surface area (Å²) < 4.78 is 1.82. The maximum Gasteiger partial charge on any atom is 0.259 e. The van der Waals surface area contributed by atoms with E-state index in [2.05, 4.69) is 41.5 Å². The van der Waals surface area contributed by atoms with Crippen molar-refractivity contribution in [2.24, 2.45) is 0 Å². The van der Waals surface area contributed by atoms with Crippen molar-refractivity contribution < 1.29 is 4.79 Å². The molecule has 0 saturated heterocycles. The van der Waals surface area contributed by atoms with Crippen LogP contribution < -0.4 is 5.32 Å². The third-order valence-electron chi connectivity index (χ3n) is 4.73. The topological polar surface area (TPSA) is 59.8 Å². The summed E-state index contributed by atoms with van der Waals surface area (Å²) in [5.41, 5.74) is 6.34. The summed E-state index contributed by atoms with van der Waals surface area (Å²) in [6.45, 7) is 4.70. The van der Waals surface area contributed by atoms with Crippen LogP contribution in [0.2, 0.25) is 0 Å². The van der Waals surface area contributed by atoms with Gasteiger partial charge in [0.15, 0.2) is 0 Å². The molecule has 0 saturated carbocycles. The molecule has 29 heavy (non-hydrogen) atoms. The smallest absolute Gasteiger partial charge is 0.259 e. The molecule has 5 heteroatoms. The van der Waals surface area contributed by atoms with Gasteiger partial charge < -0.3 is 5.32 Å². The largest absolute Gasteiger partial charge is 0.322 e. The van der Waals surface area contributed by atoms with Gasteiger partial charge in [-0.05, 0) is 31.5 Å². The molecule has 2 aromatic heterocycles. The summed E-state index contributed by atoms with van der Waals surface area (Å²) in [5.74, 6) is -0.193. The highest BCUT2D eigenvalue weighted by Gasteiger charge is 2.18. The van der Waals surface area contributed by atoms with Gasteiger partial charge in [0.25, 0.3) is 5.91 Å². The van der Waals surface area contributed by atoms with E-state index in [0.717, 1.165) is 16.7 Å². The Morgan fingerprint density at radius 3 is 2.17 bits per heavy atom. The van der Waals surface area contributed by atoms with E-state index >= 15 is 0 Å². The molecule has 0 fully saturated rings. The van der Waals surface area contributed by atoms with Gasteiger partial charge in [-0.1, -0.05) is 59.7 Å². The van der Waals surface area contributed by atoms with Crippen LogP contribution in [0.4, 0.5) is 5.69 Å². The van der Waals surface area contributed by atoms with Gasteiger partial charge in [0.1, 0.15) is 5.69 Å². The minimum atomic E-state index is -0.193. The van der Waals surface area contributed by atoms with Crippen LogP contribution in [0.5, 0.6) is 0 Å². The van der Waals surface area contributed by atoms with Crippen LogP contribution in [0.15, 0.2) is 79.3 Å². The molecule has 0 bridgehead atoms. The average molecular weight is 382 g/mol. The second-order valence-corrected chi connectivity index (χ2v) is 7.13. The van der Waals surface area contributed by atoms with Crippen LogP contribution in [-0.2, 0) is 6.54 Å². The number of anilines is 1. The van der Waals surface area contributed by atoms with E-state index in [4.69, 9.17) is 5.10 Å². The lowest BCUT2D eigenvalue weighted by atomic mass is 10.1. The molecule has 0 aliphatic rings. The maximum atomic E-state index is 13.0. The molecule has 144 valence electrons. The van der Waals surface area contributed by atoms with Gasteiger partial charge in [0, 0.05) is 29.8 Å². The Labute approximate surface area is 170 Å². The lowest BCUT2D eigenvalue weighted by molar-refractivity contribution is 0.102. The van der Waals surface area contributed by atoms with Gasteiger partial charge in [0.2, 0.25) is 0 Å². The molecule has 5 nitrogen and oxygen atoms in total. The Morgan fingerprint density at radius 2 is 1.52 bits per heavy atom. The van der Waals surface area contributed by atoms with E-state index in [9.17, 15) is 4.79 Å². The summed E-state index contributed by atoms with van der Waals surface area (Å²) in [6.07, 6.45) is 5.11. The SMILES string of the molecule is Cc1ccc(Cn2cc(C(=O)Nc3ccncc3)c(-c3ccc(C)cc3)n2)cc1. The van der Waals surface area contributed by atoms with Gasteiger partial charge in [-0.3, -0.25) is 14.5 Å². The number of nitrogens with zero attached hydrogens (tertiary/aromatic N) is 3. The Bertz CT molecular complexity index is 1110. The number of carbonyl (C=O) groups excluding carboxylic acids is 1. The number of hydrogen-bond donors (Lipinski definition) is 1. The van der Waals surface area contributed by atoms with Crippen molar-refractivity contribution in [3.05, 3.63) is 102 Å². The number of amides is 1. The highest BCUT2D eigenvalue weighted by molar-refractivity contribution is 6.08. The predicted octanol–water partition coefficient (Wildman–Crippen LogP) is 4.86. The lowest BCUT2D eigenvalue weighted by Crippen LogP contribution is -2.12. The fourth-order valence-electron chi connectivity index (χ4n) is 3.11. The molecule has 2 heterocycles. The maximum absolute atomic E-state index is 13.0. The van der Waals surface area contributed by atoms with E-state index in [1.165, 1.54) is 5.56 Å². The first-order valence-electron chi connectivity index (χ1n) is 9.50. The van der Waals surface area contributed by atoms with E-state index in [0.29, 0.717) is 23.5 Å². The van der Waals surface area contributed by atoms with Crippen molar-refractivity contribution in [1.29, 1.82) is 0 Å². The molecule has 0 unspecified atom stereocenters. The number of aryl methyl sites for hydroxylation is 2. The van der Waals surface area contributed by atoms with Gasteiger partial charge in [-0.25, -0.2) is 0 Å². The summed E-state index contributed by atoms with van der Waals surface area (Å²) >= 11 is 0. The molecule has 1 amide bonds. The monoisotopic (exact) mass is 382 g/mol. The summed E-state index contributed by atoms with van der Waals surface area (Å²) in [5, 5.41) is 7.67. The van der Waals surface area contributed by atoms with E-state index < -0.39 is 0 Å². The van der Waals surface area contributed by atoms with Gasteiger partial charge in [0.05, 0.1) is 12.1 Å². The van der Waals surface area contributed by atoms with Crippen LogP contribution in [0.25, 0.3) is 11.3 Å². The number of carbonyl (C=O) groups is 1. The zero-order chi connectivity index (χ0) is 20.2. The van der Waals surface area contributed by atoms with Crippen molar-refractivity contribution in [2.45, 2.75) is 20.4 Å². The first kappa shape index (κ1) is 18.6. The lowest BCUT2D eigenvalue weighted by Gasteiger charge is -2.05. The van der Waals surface area contributed by atoms with E-state index in [1.807, 2.05) is 42.1 Å².